The predicted octanol–water partition coefficient (Wildman–Crippen LogP) is 3.84. The molecule has 0 fully saturated rings. The topological polar surface area (TPSA) is 52.6 Å². The SMILES string of the molecule is CC(=O)Oc1cccc2cc3c(OC(C)=O)cccc3cc12. The Kier molecular flexibility index (Phi) is 3.51. The summed E-state index contributed by atoms with van der Waals surface area (Å²) < 4.78 is 10.5. The van der Waals surface area contributed by atoms with E-state index in [1.165, 1.54) is 13.8 Å². The third-order valence-electron chi connectivity index (χ3n) is 3.31. The summed E-state index contributed by atoms with van der Waals surface area (Å²) in [6.07, 6.45) is 0. The Balaban J connectivity index is 2.26. The molecule has 0 atom stereocenters. The maximum absolute atomic E-state index is 11.2. The minimum atomic E-state index is -0.360. The van der Waals surface area contributed by atoms with Crippen molar-refractivity contribution in [2.45, 2.75) is 13.8 Å². The molecule has 4 heteroatoms. The molecule has 0 aliphatic rings. The monoisotopic (exact) mass is 294 g/mol. The van der Waals surface area contributed by atoms with Gasteiger partial charge in [-0.15, -0.1) is 0 Å². The molecular weight excluding hydrogens is 280 g/mol. The van der Waals surface area contributed by atoms with Gasteiger partial charge in [-0.1, -0.05) is 24.3 Å². The van der Waals surface area contributed by atoms with E-state index < -0.39 is 0 Å². The molecule has 0 amide bonds. The lowest BCUT2D eigenvalue weighted by molar-refractivity contribution is -0.132. The quantitative estimate of drug-likeness (QED) is 0.409. The van der Waals surface area contributed by atoms with Gasteiger partial charge in [0.25, 0.3) is 0 Å². The number of fused-ring (bicyclic) bond motifs is 2. The average molecular weight is 294 g/mol. The summed E-state index contributed by atoms with van der Waals surface area (Å²) >= 11 is 0. The van der Waals surface area contributed by atoms with Crippen LogP contribution in [0.1, 0.15) is 13.8 Å². The number of benzene rings is 3. The highest BCUT2D eigenvalue weighted by atomic mass is 16.5. The maximum atomic E-state index is 11.2. The Hall–Kier alpha value is -2.88. The Morgan fingerprint density at radius 1 is 0.727 bits per heavy atom. The Morgan fingerprint density at radius 2 is 1.14 bits per heavy atom. The highest BCUT2D eigenvalue weighted by molar-refractivity contribution is 6.04. The summed E-state index contributed by atoms with van der Waals surface area (Å²) in [6.45, 7) is 2.75. The van der Waals surface area contributed by atoms with Gasteiger partial charge in [-0.3, -0.25) is 9.59 Å². The third kappa shape index (κ3) is 2.63. The fourth-order valence-electron chi connectivity index (χ4n) is 2.48. The molecule has 3 aromatic rings. The first-order chi connectivity index (χ1) is 10.5. The molecule has 0 bridgehead atoms. The van der Waals surface area contributed by atoms with Crippen molar-refractivity contribution in [3.05, 3.63) is 48.5 Å². The molecular formula is C18H14O4. The van der Waals surface area contributed by atoms with E-state index in [1.807, 2.05) is 36.4 Å². The maximum Gasteiger partial charge on any atom is 0.308 e. The Bertz CT molecular complexity index is 821. The second-order valence-corrected chi connectivity index (χ2v) is 4.99. The normalized spacial score (nSPS) is 10.6. The summed E-state index contributed by atoms with van der Waals surface area (Å²) in [4.78, 5) is 22.4. The van der Waals surface area contributed by atoms with Gasteiger partial charge in [0.05, 0.1) is 0 Å². The summed E-state index contributed by atoms with van der Waals surface area (Å²) in [5.41, 5.74) is 0. The van der Waals surface area contributed by atoms with E-state index in [-0.39, 0.29) is 11.9 Å². The van der Waals surface area contributed by atoms with Crippen LogP contribution in [0, 0.1) is 0 Å². The first kappa shape index (κ1) is 14.1. The first-order valence-electron chi connectivity index (χ1n) is 6.87. The molecule has 3 aromatic carbocycles. The van der Waals surface area contributed by atoms with E-state index in [1.54, 1.807) is 12.1 Å². The van der Waals surface area contributed by atoms with Crippen LogP contribution in [0.25, 0.3) is 21.5 Å². The van der Waals surface area contributed by atoms with E-state index in [2.05, 4.69) is 0 Å². The van der Waals surface area contributed by atoms with Crippen molar-refractivity contribution in [2.24, 2.45) is 0 Å². The van der Waals surface area contributed by atoms with Gasteiger partial charge in [0, 0.05) is 24.6 Å². The second kappa shape index (κ2) is 5.48. The van der Waals surface area contributed by atoms with Gasteiger partial charge >= 0.3 is 11.9 Å². The van der Waals surface area contributed by atoms with Crippen LogP contribution in [0.4, 0.5) is 0 Å². The van der Waals surface area contributed by atoms with E-state index in [9.17, 15) is 9.59 Å². The molecule has 0 saturated heterocycles. The van der Waals surface area contributed by atoms with Crippen LogP contribution < -0.4 is 9.47 Å². The number of hydrogen-bond acceptors (Lipinski definition) is 4. The van der Waals surface area contributed by atoms with Gasteiger partial charge in [-0.05, 0) is 35.0 Å². The molecule has 0 aromatic heterocycles. The minimum absolute atomic E-state index is 0.360. The van der Waals surface area contributed by atoms with Crippen molar-refractivity contribution in [1.29, 1.82) is 0 Å². The van der Waals surface area contributed by atoms with Gasteiger partial charge in [-0.2, -0.15) is 0 Å². The molecule has 0 saturated carbocycles. The molecule has 4 nitrogen and oxygen atoms in total. The smallest absolute Gasteiger partial charge is 0.308 e. The molecule has 22 heavy (non-hydrogen) atoms. The van der Waals surface area contributed by atoms with Crippen molar-refractivity contribution >= 4 is 33.5 Å². The molecule has 3 rings (SSSR count). The van der Waals surface area contributed by atoms with Crippen molar-refractivity contribution in [3.8, 4) is 11.5 Å². The zero-order chi connectivity index (χ0) is 15.7. The summed E-state index contributed by atoms with van der Waals surface area (Å²) in [5, 5.41) is 3.49. The number of esters is 2. The third-order valence-corrected chi connectivity index (χ3v) is 3.31. The molecule has 0 radical (unpaired) electrons. The van der Waals surface area contributed by atoms with Crippen molar-refractivity contribution < 1.29 is 19.1 Å². The predicted molar refractivity (Wildman–Crippen MR) is 84.1 cm³/mol. The lowest BCUT2D eigenvalue weighted by Gasteiger charge is -2.10. The molecule has 0 aliphatic heterocycles. The molecule has 0 N–H and O–H groups in total. The zero-order valence-corrected chi connectivity index (χ0v) is 12.3. The molecule has 0 unspecified atom stereocenters. The summed E-state index contributed by atoms with van der Waals surface area (Å²) in [6, 6.07) is 14.9. The van der Waals surface area contributed by atoms with E-state index in [0.717, 1.165) is 21.5 Å². The summed E-state index contributed by atoms with van der Waals surface area (Å²) in [7, 11) is 0. The van der Waals surface area contributed by atoms with Crippen LogP contribution in [-0.4, -0.2) is 11.9 Å². The Labute approximate surface area is 127 Å². The van der Waals surface area contributed by atoms with Crippen LogP contribution in [0.3, 0.4) is 0 Å². The van der Waals surface area contributed by atoms with Crippen LogP contribution in [-0.2, 0) is 9.59 Å². The highest BCUT2D eigenvalue weighted by Gasteiger charge is 2.09. The average Bonchev–Trinajstić information content (AvgIpc) is 2.45. The van der Waals surface area contributed by atoms with Crippen LogP contribution >= 0.6 is 0 Å². The number of rotatable bonds is 2. The number of carbonyl (C=O) groups excluding carboxylic acids is 2. The Morgan fingerprint density at radius 3 is 1.50 bits per heavy atom. The van der Waals surface area contributed by atoms with Crippen molar-refractivity contribution in [3.63, 3.8) is 0 Å². The standard InChI is InChI=1S/C18H14O4/c1-11(19)21-17-7-3-5-13-10-16-14(9-15(13)17)6-4-8-18(16)22-12(2)20/h3-10H,1-2H3. The minimum Gasteiger partial charge on any atom is -0.426 e. The van der Waals surface area contributed by atoms with Gasteiger partial charge < -0.3 is 9.47 Å². The van der Waals surface area contributed by atoms with Crippen molar-refractivity contribution in [2.75, 3.05) is 0 Å². The second-order valence-electron chi connectivity index (χ2n) is 4.99. The highest BCUT2D eigenvalue weighted by Crippen LogP contribution is 2.34. The largest absolute Gasteiger partial charge is 0.426 e. The fraction of sp³-hybridized carbons (Fsp3) is 0.111. The van der Waals surface area contributed by atoms with E-state index in [4.69, 9.17) is 9.47 Å². The lowest BCUT2D eigenvalue weighted by Crippen LogP contribution is -2.02. The van der Waals surface area contributed by atoms with Gasteiger partial charge in [0.2, 0.25) is 0 Å². The lowest BCUT2D eigenvalue weighted by atomic mass is 10.0. The van der Waals surface area contributed by atoms with Gasteiger partial charge in [0.1, 0.15) is 11.5 Å². The molecule has 0 spiro atoms. The fourth-order valence-corrected chi connectivity index (χ4v) is 2.48. The summed E-state index contributed by atoms with van der Waals surface area (Å²) in [5.74, 6) is 0.317. The van der Waals surface area contributed by atoms with E-state index >= 15 is 0 Å². The van der Waals surface area contributed by atoms with Crippen LogP contribution in [0.15, 0.2) is 48.5 Å². The van der Waals surface area contributed by atoms with Crippen LogP contribution in [0.2, 0.25) is 0 Å². The molecule has 0 aliphatic carbocycles. The van der Waals surface area contributed by atoms with Crippen LogP contribution in [0.5, 0.6) is 11.5 Å². The van der Waals surface area contributed by atoms with Crippen molar-refractivity contribution in [1.82, 2.24) is 0 Å². The van der Waals surface area contributed by atoms with Gasteiger partial charge in [-0.25, -0.2) is 0 Å². The molecule has 0 heterocycles. The first-order valence-corrected chi connectivity index (χ1v) is 6.87. The number of ether oxygens (including phenoxy) is 2. The molecule has 110 valence electrons. The van der Waals surface area contributed by atoms with Gasteiger partial charge in [0.15, 0.2) is 0 Å². The van der Waals surface area contributed by atoms with E-state index in [0.29, 0.717) is 11.5 Å². The number of hydrogen-bond donors (Lipinski definition) is 0. The number of carbonyl (C=O) groups is 2. The zero-order valence-electron chi connectivity index (χ0n) is 12.3.